The van der Waals surface area contributed by atoms with Gasteiger partial charge < -0.3 is 9.42 Å². The number of carbonyl (C=O) groups excluding carboxylic acids is 2. The van der Waals surface area contributed by atoms with Crippen molar-refractivity contribution in [1.29, 1.82) is 0 Å². The van der Waals surface area contributed by atoms with E-state index in [2.05, 4.69) is 33.6 Å². The number of hydrogen-bond acceptors (Lipinski definition) is 5. The van der Waals surface area contributed by atoms with Crippen LogP contribution in [-0.4, -0.2) is 36.0 Å². The Morgan fingerprint density at radius 1 is 1.24 bits per heavy atom. The van der Waals surface area contributed by atoms with Crippen molar-refractivity contribution in [2.24, 2.45) is 0 Å². The van der Waals surface area contributed by atoms with E-state index in [1.807, 2.05) is 26.2 Å². The molecule has 0 radical (unpaired) electrons. The molecule has 1 atom stereocenters. The molecule has 2 heterocycles. The molecule has 0 spiro atoms. The van der Waals surface area contributed by atoms with Crippen molar-refractivity contribution >= 4 is 33.6 Å². The quantitative estimate of drug-likeness (QED) is 0.744. The molecule has 2 aromatic carbocycles. The third kappa shape index (κ3) is 2.78. The Balaban J connectivity index is 1.84. The van der Waals surface area contributed by atoms with Crippen molar-refractivity contribution in [3.63, 3.8) is 0 Å². The third-order valence-electron chi connectivity index (χ3n) is 4.61. The number of rotatable bonds is 3. The van der Waals surface area contributed by atoms with Crippen molar-refractivity contribution in [3.05, 3.63) is 41.6 Å². The second kappa shape index (κ2) is 5.97. The van der Waals surface area contributed by atoms with Gasteiger partial charge in [-0.2, -0.15) is 0 Å². The highest BCUT2D eigenvalue weighted by Gasteiger charge is 2.32. The minimum absolute atomic E-state index is 0.229. The van der Waals surface area contributed by atoms with E-state index in [0.717, 1.165) is 22.7 Å². The standard InChI is InChI=1S/C19H19N3O3/c1-22(2)10-11-3-5-13-12(9-11)4-7-15-17(13)18(21-25-15)14-6-8-16(23)20-19(14)24/h3-5,7,9,14H,6,8,10H2,1-2H3,(H,20,23,24). The molecule has 0 aliphatic carbocycles. The summed E-state index contributed by atoms with van der Waals surface area (Å²) in [6.07, 6.45) is 0.782. The van der Waals surface area contributed by atoms with Crippen LogP contribution < -0.4 is 5.32 Å². The van der Waals surface area contributed by atoms with E-state index in [4.69, 9.17) is 4.52 Å². The molecule has 6 heteroatoms. The molecule has 4 rings (SSSR count). The summed E-state index contributed by atoms with van der Waals surface area (Å²) >= 11 is 0. The first kappa shape index (κ1) is 15.8. The van der Waals surface area contributed by atoms with E-state index in [9.17, 15) is 9.59 Å². The highest BCUT2D eigenvalue weighted by Crippen LogP contribution is 2.35. The topological polar surface area (TPSA) is 75.4 Å². The monoisotopic (exact) mass is 337 g/mol. The van der Waals surface area contributed by atoms with Crippen molar-refractivity contribution < 1.29 is 14.1 Å². The van der Waals surface area contributed by atoms with Gasteiger partial charge in [-0.25, -0.2) is 0 Å². The van der Waals surface area contributed by atoms with Gasteiger partial charge in [0.25, 0.3) is 0 Å². The first-order valence-corrected chi connectivity index (χ1v) is 8.32. The van der Waals surface area contributed by atoms with E-state index in [1.54, 1.807) is 0 Å². The minimum atomic E-state index is -0.453. The normalized spacial score (nSPS) is 18.3. The minimum Gasteiger partial charge on any atom is -0.356 e. The number of amides is 2. The highest BCUT2D eigenvalue weighted by molar-refractivity contribution is 6.10. The lowest BCUT2D eigenvalue weighted by Crippen LogP contribution is -2.39. The van der Waals surface area contributed by atoms with Gasteiger partial charge in [-0.15, -0.1) is 0 Å². The van der Waals surface area contributed by atoms with Crippen LogP contribution in [0.4, 0.5) is 0 Å². The molecule has 1 aliphatic rings. The molecule has 25 heavy (non-hydrogen) atoms. The third-order valence-corrected chi connectivity index (χ3v) is 4.61. The Morgan fingerprint density at radius 2 is 2.08 bits per heavy atom. The molecule has 1 unspecified atom stereocenters. The molecular weight excluding hydrogens is 318 g/mol. The second-order valence-corrected chi connectivity index (χ2v) is 6.80. The smallest absolute Gasteiger partial charge is 0.235 e. The first-order chi connectivity index (χ1) is 12.0. The van der Waals surface area contributed by atoms with Gasteiger partial charge in [0.05, 0.1) is 11.3 Å². The average molecular weight is 337 g/mol. The van der Waals surface area contributed by atoms with Crippen molar-refractivity contribution in [2.75, 3.05) is 14.1 Å². The first-order valence-electron chi connectivity index (χ1n) is 8.32. The van der Waals surface area contributed by atoms with Crippen LogP contribution >= 0.6 is 0 Å². The Morgan fingerprint density at radius 3 is 2.84 bits per heavy atom. The number of piperidine rings is 1. The van der Waals surface area contributed by atoms with Gasteiger partial charge in [0.2, 0.25) is 11.8 Å². The Labute approximate surface area is 144 Å². The lowest BCUT2D eigenvalue weighted by molar-refractivity contribution is -0.134. The maximum absolute atomic E-state index is 12.2. The zero-order valence-corrected chi connectivity index (χ0v) is 14.2. The molecule has 1 fully saturated rings. The zero-order chi connectivity index (χ0) is 17.6. The van der Waals surface area contributed by atoms with Crippen LogP contribution in [0.1, 0.15) is 30.0 Å². The largest absolute Gasteiger partial charge is 0.356 e. The van der Waals surface area contributed by atoms with E-state index in [-0.39, 0.29) is 11.8 Å². The van der Waals surface area contributed by atoms with Crippen LogP contribution in [0.5, 0.6) is 0 Å². The Bertz CT molecular complexity index is 990. The molecule has 2 amide bonds. The highest BCUT2D eigenvalue weighted by atomic mass is 16.5. The van der Waals surface area contributed by atoms with Gasteiger partial charge in [0.1, 0.15) is 5.69 Å². The van der Waals surface area contributed by atoms with Crippen LogP contribution in [-0.2, 0) is 16.1 Å². The van der Waals surface area contributed by atoms with Gasteiger partial charge >= 0.3 is 0 Å². The fourth-order valence-electron chi connectivity index (χ4n) is 3.50. The van der Waals surface area contributed by atoms with Crippen LogP contribution in [0.3, 0.4) is 0 Å². The van der Waals surface area contributed by atoms with Gasteiger partial charge in [0, 0.05) is 13.0 Å². The lowest BCUT2D eigenvalue weighted by atomic mass is 9.91. The second-order valence-electron chi connectivity index (χ2n) is 6.80. The number of benzene rings is 2. The van der Waals surface area contributed by atoms with Crippen LogP contribution in [0.25, 0.3) is 21.7 Å². The van der Waals surface area contributed by atoms with E-state index in [0.29, 0.717) is 24.1 Å². The van der Waals surface area contributed by atoms with Crippen LogP contribution in [0.15, 0.2) is 34.9 Å². The molecule has 3 aromatic rings. The molecule has 6 nitrogen and oxygen atoms in total. The van der Waals surface area contributed by atoms with Gasteiger partial charge in [-0.3, -0.25) is 14.9 Å². The maximum Gasteiger partial charge on any atom is 0.235 e. The average Bonchev–Trinajstić information content (AvgIpc) is 2.98. The van der Waals surface area contributed by atoms with Gasteiger partial charge in [-0.1, -0.05) is 23.4 Å². The van der Waals surface area contributed by atoms with Gasteiger partial charge in [-0.05, 0) is 49.0 Å². The number of nitrogens with one attached hydrogen (secondary N) is 1. The number of carbonyl (C=O) groups is 2. The summed E-state index contributed by atoms with van der Waals surface area (Å²) in [5.74, 6) is -0.981. The molecular formula is C19H19N3O3. The molecule has 0 bridgehead atoms. The van der Waals surface area contributed by atoms with Crippen LogP contribution in [0, 0.1) is 0 Å². The fraction of sp³-hybridized carbons (Fsp3) is 0.316. The predicted molar refractivity (Wildman–Crippen MR) is 94.0 cm³/mol. The Kier molecular flexibility index (Phi) is 3.77. The van der Waals surface area contributed by atoms with E-state index in [1.165, 1.54) is 5.56 Å². The van der Waals surface area contributed by atoms with Crippen molar-refractivity contribution in [2.45, 2.75) is 25.3 Å². The van der Waals surface area contributed by atoms with Crippen molar-refractivity contribution in [3.8, 4) is 0 Å². The molecule has 1 saturated heterocycles. The summed E-state index contributed by atoms with van der Waals surface area (Å²) in [7, 11) is 4.07. The Hall–Kier alpha value is -2.73. The summed E-state index contributed by atoms with van der Waals surface area (Å²) < 4.78 is 5.46. The van der Waals surface area contributed by atoms with E-state index >= 15 is 0 Å². The summed E-state index contributed by atoms with van der Waals surface area (Å²) in [5.41, 5.74) is 2.49. The summed E-state index contributed by atoms with van der Waals surface area (Å²) in [6.45, 7) is 0.859. The zero-order valence-electron chi connectivity index (χ0n) is 14.2. The SMILES string of the molecule is CN(C)Cc1ccc2c(ccc3onc(C4CCC(=O)NC4=O)c32)c1. The maximum atomic E-state index is 12.2. The number of hydrogen-bond donors (Lipinski definition) is 1. The molecule has 0 saturated carbocycles. The fourth-order valence-corrected chi connectivity index (χ4v) is 3.50. The van der Waals surface area contributed by atoms with Crippen molar-refractivity contribution in [1.82, 2.24) is 15.4 Å². The number of aromatic nitrogens is 1. The number of imide groups is 1. The summed E-state index contributed by atoms with van der Waals surface area (Å²) in [4.78, 5) is 25.8. The lowest BCUT2D eigenvalue weighted by Gasteiger charge is -2.19. The molecule has 1 N–H and O–H groups in total. The van der Waals surface area contributed by atoms with Gasteiger partial charge in [0.15, 0.2) is 5.58 Å². The predicted octanol–water partition coefficient (Wildman–Crippen LogP) is 2.56. The summed E-state index contributed by atoms with van der Waals surface area (Å²) in [5, 5.41) is 9.52. The van der Waals surface area contributed by atoms with E-state index < -0.39 is 5.92 Å². The molecule has 128 valence electrons. The number of nitrogens with zero attached hydrogens (tertiary/aromatic N) is 2. The summed E-state index contributed by atoms with van der Waals surface area (Å²) in [6, 6.07) is 10.2. The van der Waals surface area contributed by atoms with Crippen LogP contribution in [0.2, 0.25) is 0 Å². The molecule has 1 aliphatic heterocycles. The molecule has 1 aromatic heterocycles. The number of fused-ring (bicyclic) bond motifs is 3.